The molecular weight excluding hydrogens is 320 g/mol. The van der Waals surface area contributed by atoms with Crippen molar-refractivity contribution < 1.29 is 22.1 Å². The Hall–Kier alpha value is -2.35. The van der Waals surface area contributed by atoms with Crippen molar-refractivity contribution in [2.24, 2.45) is 0 Å². The number of aromatic nitrogens is 2. The summed E-state index contributed by atoms with van der Waals surface area (Å²) in [5.74, 6) is -0.486. The minimum atomic E-state index is -4.24. The summed E-state index contributed by atoms with van der Waals surface area (Å²) in [5.41, 5.74) is 0.558. The largest absolute Gasteiger partial charge is 0.462 e. The summed E-state index contributed by atoms with van der Waals surface area (Å²) in [6.45, 7) is 5.60. The number of H-pyrrole nitrogens is 1. The monoisotopic (exact) mass is 338 g/mol. The van der Waals surface area contributed by atoms with Crippen LogP contribution < -0.4 is 4.18 Å². The smallest absolute Gasteiger partial charge is 0.357 e. The van der Waals surface area contributed by atoms with Crippen LogP contribution in [0.3, 0.4) is 0 Å². The number of ether oxygens (including phenoxy) is 1. The molecule has 0 aliphatic carbocycles. The maximum atomic E-state index is 12.5. The number of carbonyl (C=O) groups excluding carboxylic acids is 1. The van der Waals surface area contributed by atoms with Crippen LogP contribution in [-0.2, 0) is 14.9 Å². The van der Waals surface area contributed by atoms with Gasteiger partial charge in [0.2, 0.25) is 5.03 Å². The van der Waals surface area contributed by atoms with Gasteiger partial charge in [0.25, 0.3) is 0 Å². The third kappa shape index (κ3) is 3.70. The third-order valence-corrected chi connectivity index (χ3v) is 4.30. The lowest BCUT2D eigenvalue weighted by molar-refractivity contribution is 0.0521. The summed E-state index contributed by atoms with van der Waals surface area (Å²) in [5, 5.41) is 5.47. The predicted octanol–water partition coefficient (Wildman–Crippen LogP) is 2.48. The van der Waals surface area contributed by atoms with Crippen molar-refractivity contribution in [3.63, 3.8) is 0 Å². The Bertz CT molecular complexity index is 796. The first kappa shape index (κ1) is 17.0. The van der Waals surface area contributed by atoms with Crippen LogP contribution in [0.4, 0.5) is 0 Å². The van der Waals surface area contributed by atoms with E-state index in [0.717, 1.165) is 11.8 Å². The number of nitrogens with one attached hydrogen (secondary N) is 1. The Morgan fingerprint density at radius 1 is 1.30 bits per heavy atom. The molecule has 124 valence electrons. The van der Waals surface area contributed by atoms with E-state index in [2.05, 4.69) is 10.2 Å². The number of carbonyl (C=O) groups is 1. The topological polar surface area (TPSA) is 98.4 Å². The molecule has 7 nitrogen and oxygen atoms in total. The molecule has 0 radical (unpaired) electrons. The summed E-state index contributed by atoms with van der Waals surface area (Å²) >= 11 is 0. The molecule has 0 aliphatic heterocycles. The highest BCUT2D eigenvalue weighted by molar-refractivity contribution is 7.87. The van der Waals surface area contributed by atoms with Crippen molar-refractivity contribution in [1.29, 1.82) is 0 Å². The number of nitrogens with zero attached hydrogens (tertiary/aromatic N) is 1. The van der Waals surface area contributed by atoms with E-state index in [1.165, 1.54) is 0 Å². The van der Waals surface area contributed by atoms with Gasteiger partial charge >= 0.3 is 16.1 Å². The maximum Gasteiger partial charge on any atom is 0.357 e. The zero-order valence-corrected chi connectivity index (χ0v) is 13.9. The van der Waals surface area contributed by atoms with E-state index in [4.69, 9.17) is 8.92 Å². The predicted molar refractivity (Wildman–Crippen MR) is 82.9 cm³/mol. The van der Waals surface area contributed by atoms with Gasteiger partial charge in [-0.05, 0) is 24.5 Å². The van der Waals surface area contributed by atoms with Gasteiger partial charge in [0.05, 0.1) is 12.8 Å². The fourth-order valence-corrected chi connectivity index (χ4v) is 3.05. The van der Waals surface area contributed by atoms with Crippen LogP contribution in [-0.4, -0.2) is 31.2 Å². The van der Waals surface area contributed by atoms with Crippen LogP contribution in [0.2, 0.25) is 0 Å². The Morgan fingerprint density at radius 2 is 2.00 bits per heavy atom. The molecule has 0 unspecified atom stereocenters. The normalized spacial score (nSPS) is 11.5. The fraction of sp³-hybridized carbons (Fsp3) is 0.333. The molecule has 0 atom stereocenters. The summed E-state index contributed by atoms with van der Waals surface area (Å²) in [7, 11) is -4.24. The molecule has 1 aromatic heterocycles. The zero-order valence-electron chi connectivity index (χ0n) is 13.1. The second-order valence-corrected chi connectivity index (χ2v) is 6.55. The minimum absolute atomic E-state index is 0.0766. The van der Waals surface area contributed by atoms with Crippen LogP contribution in [0.1, 0.15) is 42.6 Å². The lowest BCUT2D eigenvalue weighted by Crippen LogP contribution is -2.16. The first-order valence-corrected chi connectivity index (χ1v) is 8.51. The molecule has 0 saturated carbocycles. The summed E-state index contributed by atoms with van der Waals surface area (Å²) < 4.78 is 34.9. The van der Waals surface area contributed by atoms with Gasteiger partial charge in [0, 0.05) is 0 Å². The number of aromatic amines is 1. The molecule has 0 spiro atoms. The van der Waals surface area contributed by atoms with Crippen molar-refractivity contribution in [1.82, 2.24) is 10.2 Å². The quantitative estimate of drug-likeness (QED) is 0.642. The molecule has 0 saturated heterocycles. The third-order valence-electron chi connectivity index (χ3n) is 3.09. The SMILES string of the molecule is CCOC(=O)c1cn[nH]c1S(=O)(=O)Oc1ccccc1C(C)C. The Kier molecular flexibility index (Phi) is 5.05. The molecule has 23 heavy (non-hydrogen) atoms. The number of hydrogen-bond acceptors (Lipinski definition) is 6. The average Bonchev–Trinajstić information content (AvgIpc) is 2.98. The molecular formula is C15H18N2O5S. The van der Waals surface area contributed by atoms with E-state index in [1.54, 1.807) is 31.2 Å². The molecule has 0 fully saturated rings. The molecule has 2 rings (SSSR count). The fourth-order valence-electron chi connectivity index (χ4n) is 2.01. The van der Waals surface area contributed by atoms with Gasteiger partial charge in [0.1, 0.15) is 11.3 Å². The Morgan fingerprint density at radius 3 is 2.65 bits per heavy atom. The van der Waals surface area contributed by atoms with Gasteiger partial charge in [0.15, 0.2) is 0 Å². The van der Waals surface area contributed by atoms with E-state index in [1.807, 2.05) is 13.8 Å². The van der Waals surface area contributed by atoms with Gasteiger partial charge in [-0.15, -0.1) is 0 Å². The summed E-state index contributed by atoms with van der Waals surface area (Å²) in [6.07, 6.45) is 1.10. The average molecular weight is 338 g/mol. The lowest BCUT2D eigenvalue weighted by Gasteiger charge is -2.13. The lowest BCUT2D eigenvalue weighted by atomic mass is 10.0. The summed E-state index contributed by atoms with van der Waals surface area (Å²) in [6, 6.07) is 6.83. The summed E-state index contributed by atoms with van der Waals surface area (Å²) in [4.78, 5) is 11.8. The minimum Gasteiger partial charge on any atom is -0.462 e. The molecule has 1 aromatic carbocycles. The van der Waals surface area contributed by atoms with E-state index in [0.29, 0.717) is 0 Å². The highest BCUT2D eigenvalue weighted by atomic mass is 32.2. The van der Waals surface area contributed by atoms with Gasteiger partial charge in [-0.1, -0.05) is 32.0 Å². The second kappa shape index (κ2) is 6.82. The number of rotatable bonds is 6. The second-order valence-electron chi connectivity index (χ2n) is 5.06. The van der Waals surface area contributed by atoms with Crippen LogP contribution in [0.5, 0.6) is 5.75 Å². The highest BCUT2D eigenvalue weighted by Gasteiger charge is 2.28. The number of esters is 1. The first-order chi connectivity index (χ1) is 10.9. The Balaban J connectivity index is 2.38. The first-order valence-electron chi connectivity index (χ1n) is 7.10. The van der Waals surface area contributed by atoms with Crippen LogP contribution in [0.25, 0.3) is 0 Å². The van der Waals surface area contributed by atoms with Crippen molar-refractivity contribution >= 4 is 16.1 Å². The van der Waals surface area contributed by atoms with Gasteiger partial charge in [-0.2, -0.15) is 13.5 Å². The molecule has 0 bridgehead atoms. The zero-order chi connectivity index (χ0) is 17.0. The van der Waals surface area contributed by atoms with Gasteiger partial charge in [-0.3, -0.25) is 5.10 Å². The molecule has 2 aromatic rings. The van der Waals surface area contributed by atoms with Crippen molar-refractivity contribution in [3.05, 3.63) is 41.6 Å². The molecule has 1 N–H and O–H groups in total. The van der Waals surface area contributed by atoms with E-state index >= 15 is 0 Å². The molecule has 0 aliphatic rings. The molecule has 1 heterocycles. The van der Waals surface area contributed by atoms with Crippen LogP contribution >= 0.6 is 0 Å². The van der Waals surface area contributed by atoms with Gasteiger partial charge in [-0.25, -0.2) is 4.79 Å². The van der Waals surface area contributed by atoms with E-state index in [9.17, 15) is 13.2 Å². The highest BCUT2D eigenvalue weighted by Crippen LogP contribution is 2.29. The molecule has 8 heteroatoms. The van der Waals surface area contributed by atoms with E-state index in [-0.39, 0.29) is 23.8 Å². The van der Waals surface area contributed by atoms with Crippen molar-refractivity contribution in [2.75, 3.05) is 6.61 Å². The standard InChI is InChI=1S/C15H18N2O5S/c1-4-21-15(18)12-9-16-17-14(12)23(19,20)22-13-8-6-5-7-11(13)10(2)3/h5-10H,4H2,1-3H3,(H,16,17). The number of hydrogen-bond donors (Lipinski definition) is 1. The Labute approximate surface area is 134 Å². The number of benzene rings is 1. The van der Waals surface area contributed by atoms with E-state index < -0.39 is 21.1 Å². The number of para-hydroxylation sites is 1. The maximum absolute atomic E-state index is 12.5. The van der Waals surface area contributed by atoms with Gasteiger partial charge < -0.3 is 8.92 Å². The molecule has 0 amide bonds. The van der Waals surface area contributed by atoms with Crippen LogP contribution in [0, 0.1) is 0 Å². The van der Waals surface area contributed by atoms with Crippen molar-refractivity contribution in [2.45, 2.75) is 31.7 Å². The van der Waals surface area contributed by atoms with Crippen molar-refractivity contribution in [3.8, 4) is 5.75 Å². The van der Waals surface area contributed by atoms with Crippen LogP contribution in [0.15, 0.2) is 35.5 Å².